The van der Waals surface area contributed by atoms with Gasteiger partial charge in [-0.25, -0.2) is 9.59 Å². The monoisotopic (exact) mass is 471 g/mol. The molecule has 186 valence electrons. The summed E-state index contributed by atoms with van der Waals surface area (Å²) in [7, 11) is 0. The molecule has 0 aromatic carbocycles. The molecule has 0 heterocycles. The smallest absolute Gasteiger partial charge is 0.408 e. The third kappa shape index (κ3) is 6.34. The second-order valence-electron chi connectivity index (χ2n) is 9.02. The molecule has 0 aliphatic heterocycles. The predicted octanol–water partition coefficient (Wildman–Crippen LogP) is -0.765. The summed E-state index contributed by atoms with van der Waals surface area (Å²) >= 11 is 0. The number of amides is 3. The lowest BCUT2D eigenvalue weighted by molar-refractivity contribution is -0.156. The molecule has 0 bridgehead atoms. The van der Waals surface area contributed by atoms with Crippen LogP contribution in [0.25, 0.3) is 0 Å². The van der Waals surface area contributed by atoms with Crippen LogP contribution in [0.15, 0.2) is 0 Å². The minimum absolute atomic E-state index is 0.0427. The summed E-state index contributed by atoms with van der Waals surface area (Å²) in [6.45, 7) is 7.55. The van der Waals surface area contributed by atoms with Crippen molar-refractivity contribution >= 4 is 29.8 Å². The first-order chi connectivity index (χ1) is 15.4. The Balaban J connectivity index is 1.97. The number of carbonyl (C=O) groups excluding carboxylic acids is 5. The lowest BCUT2D eigenvalue weighted by atomic mass is 9.89. The molecule has 33 heavy (non-hydrogen) atoms. The summed E-state index contributed by atoms with van der Waals surface area (Å²) < 4.78 is 15.2. The Kier molecular flexibility index (Phi) is 8.28. The standard InChI is InChI=1S/C21H33N3O9/c1-6-31-17(28)15-14-11(25)8-21(16(14)15,18(29)32-7-2)24-13(27)10-22-12(26)9-23-19(30)33-20(3,4)5/h11,14-16,25H,6-10H2,1-5H3,(H,22,26)(H,23,30)(H,24,27)/t11-,14-,15-,16-,21-/m0/s1. The van der Waals surface area contributed by atoms with Crippen LogP contribution >= 0.6 is 0 Å². The molecular weight excluding hydrogens is 438 g/mol. The number of esters is 2. The Morgan fingerprint density at radius 1 is 0.970 bits per heavy atom. The zero-order valence-electron chi connectivity index (χ0n) is 19.6. The van der Waals surface area contributed by atoms with E-state index in [4.69, 9.17) is 14.2 Å². The topological polar surface area (TPSA) is 169 Å². The summed E-state index contributed by atoms with van der Waals surface area (Å²) in [5, 5.41) is 17.6. The van der Waals surface area contributed by atoms with Crippen molar-refractivity contribution in [1.29, 1.82) is 0 Å². The van der Waals surface area contributed by atoms with Gasteiger partial charge in [0.2, 0.25) is 11.8 Å². The van der Waals surface area contributed by atoms with Crippen molar-refractivity contribution in [1.82, 2.24) is 16.0 Å². The molecule has 12 heteroatoms. The van der Waals surface area contributed by atoms with Crippen molar-refractivity contribution in [3.05, 3.63) is 0 Å². The normalized spacial score (nSPS) is 27.6. The van der Waals surface area contributed by atoms with Crippen LogP contribution in [0, 0.1) is 17.8 Å². The average Bonchev–Trinajstić information content (AvgIpc) is 3.39. The molecule has 2 fully saturated rings. The highest BCUT2D eigenvalue weighted by molar-refractivity contribution is 5.94. The Hall–Kier alpha value is -2.89. The Morgan fingerprint density at radius 2 is 1.58 bits per heavy atom. The number of hydrogen-bond acceptors (Lipinski definition) is 9. The number of hydrogen-bond donors (Lipinski definition) is 4. The van der Waals surface area contributed by atoms with Crippen molar-refractivity contribution in [2.75, 3.05) is 26.3 Å². The number of rotatable bonds is 9. The molecule has 5 atom stereocenters. The lowest BCUT2D eigenvalue weighted by Gasteiger charge is -2.31. The third-order valence-electron chi connectivity index (χ3n) is 5.42. The maximum absolute atomic E-state index is 12.8. The second kappa shape index (κ2) is 10.4. The van der Waals surface area contributed by atoms with Crippen molar-refractivity contribution < 1.29 is 43.3 Å². The van der Waals surface area contributed by atoms with Crippen molar-refractivity contribution in [3.63, 3.8) is 0 Å². The Bertz CT molecular complexity index is 794. The van der Waals surface area contributed by atoms with Gasteiger partial charge >= 0.3 is 18.0 Å². The molecule has 3 amide bonds. The summed E-state index contributed by atoms with van der Waals surface area (Å²) in [6, 6.07) is 0. The van der Waals surface area contributed by atoms with E-state index in [0.29, 0.717) is 0 Å². The van der Waals surface area contributed by atoms with Crippen LogP contribution in [0.4, 0.5) is 4.79 Å². The molecule has 12 nitrogen and oxygen atoms in total. The largest absolute Gasteiger partial charge is 0.466 e. The molecule has 0 radical (unpaired) electrons. The molecule has 0 spiro atoms. The quantitative estimate of drug-likeness (QED) is 0.249. The maximum Gasteiger partial charge on any atom is 0.408 e. The molecule has 2 rings (SSSR count). The number of alkyl carbamates (subject to hydrolysis) is 1. The van der Waals surface area contributed by atoms with E-state index in [9.17, 15) is 29.1 Å². The van der Waals surface area contributed by atoms with Gasteiger partial charge in [-0.15, -0.1) is 0 Å². The minimum atomic E-state index is -1.60. The number of carbonyl (C=O) groups is 5. The molecule has 0 aromatic rings. The van der Waals surface area contributed by atoms with Gasteiger partial charge in [0.25, 0.3) is 0 Å². The van der Waals surface area contributed by atoms with E-state index in [2.05, 4.69) is 16.0 Å². The molecule has 2 saturated carbocycles. The fourth-order valence-electron chi connectivity index (χ4n) is 4.26. The van der Waals surface area contributed by atoms with Crippen LogP contribution < -0.4 is 16.0 Å². The Morgan fingerprint density at radius 3 is 2.15 bits per heavy atom. The van der Waals surface area contributed by atoms with Crippen LogP contribution in [0.3, 0.4) is 0 Å². The van der Waals surface area contributed by atoms with Crippen LogP contribution in [0.5, 0.6) is 0 Å². The first-order valence-electron chi connectivity index (χ1n) is 10.9. The first-order valence-corrected chi connectivity index (χ1v) is 10.9. The van der Waals surface area contributed by atoms with Gasteiger partial charge in [-0.1, -0.05) is 0 Å². The number of fused-ring (bicyclic) bond motifs is 1. The summed E-state index contributed by atoms with van der Waals surface area (Å²) in [6.07, 6.45) is -1.90. The average molecular weight is 472 g/mol. The number of nitrogens with one attached hydrogen (secondary N) is 3. The van der Waals surface area contributed by atoms with E-state index in [1.807, 2.05) is 0 Å². The van der Waals surface area contributed by atoms with E-state index in [1.165, 1.54) is 0 Å². The highest BCUT2D eigenvalue weighted by atomic mass is 16.6. The number of ether oxygens (including phenoxy) is 3. The molecule has 0 unspecified atom stereocenters. The molecule has 0 saturated heterocycles. The van der Waals surface area contributed by atoms with Gasteiger partial charge in [-0.3, -0.25) is 14.4 Å². The fourth-order valence-corrected chi connectivity index (χ4v) is 4.26. The van der Waals surface area contributed by atoms with Crippen LogP contribution in [0.1, 0.15) is 41.0 Å². The SMILES string of the molecule is CCOC(=O)[C@H]1[C@H]2[C@@H]1[C@](NC(=O)CNC(=O)CNC(=O)OC(C)(C)C)(C(=O)OCC)C[C@@H]2O. The van der Waals surface area contributed by atoms with Crippen LogP contribution in [0.2, 0.25) is 0 Å². The second-order valence-corrected chi connectivity index (χ2v) is 9.02. The first kappa shape index (κ1) is 26.4. The summed E-state index contributed by atoms with van der Waals surface area (Å²) in [5.41, 5.74) is -2.33. The predicted molar refractivity (Wildman–Crippen MR) is 112 cm³/mol. The maximum atomic E-state index is 12.8. The third-order valence-corrected chi connectivity index (χ3v) is 5.42. The van der Waals surface area contributed by atoms with Gasteiger partial charge in [0, 0.05) is 18.3 Å². The fraction of sp³-hybridized carbons (Fsp3) is 0.762. The molecule has 2 aliphatic rings. The summed E-state index contributed by atoms with van der Waals surface area (Å²) in [4.78, 5) is 61.2. The molecule has 4 N–H and O–H groups in total. The van der Waals surface area contributed by atoms with E-state index in [1.54, 1.807) is 34.6 Å². The lowest BCUT2D eigenvalue weighted by Crippen LogP contribution is -2.59. The van der Waals surface area contributed by atoms with E-state index >= 15 is 0 Å². The van der Waals surface area contributed by atoms with Gasteiger partial charge in [-0.2, -0.15) is 0 Å². The van der Waals surface area contributed by atoms with Gasteiger partial charge < -0.3 is 35.3 Å². The van der Waals surface area contributed by atoms with E-state index in [0.717, 1.165) is 0 Å². The van der Waals surface area contributed by atoms with Crippen molar-refractivity contribution in [3.8, 4) is 0 Å². The zero-order valence-corrected chi connectivity index (χ0v) is 19.6. The van der Waals surface area contributed by atoms with Crippen molar-refractivity contribution in [2.45, 2.75) is 58.3 Å². The molecule has 2 aliphatic carbocycles. The van der Waals surface area contributed by atoms with Gasteiger partial charge in [0.05, 0.1) is 31.8 Å². The van der Waals surface area contributed by atoms with Gasteiger partial charge in [-0.05, 0) is 34.6 Å². The highest BCUT2D eigenvalue weighted by Gasteiger charge is 2.76. The van der Waals surface area contributed by atoms with Crippen LogP contribution in [-0.4, -0.2) is 78.5 Å². The highest BCUT2D eigenvalue weighted by Crippen LogP contribution is 2.63. The van der Waals surface area contributed by atoms with Gasteiger partial charge in [0.15, 0.2) is 0 Å². The van der Waals surface area contributed by atoms with Crippen molar-refractivity contribution in [2.24, 2.45) is 17.8 Å². The zero-order chi connectivity index (χ0) is 25.0. The van der Waals surface area contributed by atoms with E-state index < -0.39 is 77.9 Å². The van der Waals surface area contributed by atoms with E-state index in [-0.39, 0.29) is 19.6 Å². The minimum Gasteiger partial charge on any atom is -0.466 e. The molecule has 0 aromatic heterocycles. The molecular formula is C21H33N3O9. The number of aliphatic hydroxyl groups is 1. The summed E-state index contributed by atoms with van der Waals surface area (Å²) in [5.74, 6) is -4.59. The Labute approximate surface area is 192 Å². The number of aliphatic hydroxyl groups excluding tert-OH is 1. The van der Waals surface area contributed by atoms with Gasteiger partial charge in [0.1, 0.15) is 17.7 Å². The van der Waals surface area contributed by atoms with Crippen LogP contribution in [-0.2, 0) is 33.4 Å².